The average Bonchev–Trinajstić information content (AvgIpc) is 2.95. The van der Waals surface area contributed by atoms with Gasteiger partial charge in [0.15, 0.2) is 5.76 Å². The molecule has 104 valence electrons. The van der Waals surface area contributed by atoms with Gasteiger partial charge in [0.05, 0.1) is 0 Å². The van der Waals surface area contributed by atoms with Gasteiger partial charge in [-0.2, -0.15) is 0 Å². The number of nitrogens with zero attached hydrogens (tertiary/aromatic N) is 2. The zero-order valence-corrected chi connectivity index (χ0v) is 11.6. The minimum absolute atomic E-state index is 0.130. The van der Waals surface area contributed by atoms with Crippen molar-refractivity contribution in [2.24, 2.45) is 0 Å². The van der Waals surface area contributed by atoms with Crippen molar-refractivity contribution in [3.8, 4) is 0 Å². The van der Waals surface area contributed by atoms with Crippen LogP contribution in [-0.4, -0.2) is 30.1 Å². The van der Waals surface area contributed by atoms with E-state index in [0.717, 1.165) is 5.82 Å². The lowest BCUT2D eigenvalue weighted by molar-refractivity contribution is 0.390. The molecule has 0 bridgehead atoms. The Morgan fingerprint density at radius 2 is 2.21 bits per heavy atom. The Morgan fingerprint density at radius 1 is 1.42 bits per heavy atom. The largest absolute Gasteiger partial charge is 0.360 e. The van der Waals surface area contributed by atoms with Gasteiger partial charge in [-0.05, 0) is 20.3 Å². The molecule has 0 aliphatic heterocycles. The van der Waals surface area contributed by atoms with Crippen LogP contribution in [0.15, 0.2) is 21.8 Å². The zero-order chi connectivity index (χ0) is 13.9. The van der Waals surface area contributed by atoms with Crippen molar-refractivity contribution < 1.29 is 12.9 Å². The van der Waals surface area contributed by atoms with Crippen molar-refractivity contribution in [1.82, 2.24) is 19.8 Å². The molecule has 7 nitrogen and oxygen atoms in total. The number of aromatic amines is 1. The number of aromatic nitrogens is 3. The van der Waals surface area contributed by atoms with Gasteiger partial charge in [-0.15, -0.1) is 0 Å². The maximum absolute atomic E-state index is 12.1. The number of H-pyrrole nitrogens is 1. The fourth-order valence-corrected chi connectivity index (χ4v) is 3.23. The molecule has 0 saturated carbocycles. The van der Waals surface area contributed by atoms with Gasteiger partial charge in [0.1, 0.15) is 16.4 Å². The van der Waals surface area contributed by atoms with Gasteiger partial charge < -0.3 is 9.51 Å². The second kappa shape index (κ2) is 5.54. The quantitative estimate of drug-likeness (QED) is 0.768. The van der Waals surface area contributed by atoms with Crippen LogP contribution in [0.3, 0.4) is 0 Å². The summed E-state index contributed by atoms with van der Waals surface area (Å²) in [6.07, 6.45) is 4.76. The van der Waals surface area contributed by atoms with Crippen molar-refractivity contribution in [2.75, 3.05) is 6.54 Å². The van der Waals surface area contributed by atoms with Crippen LogP contribution in [0.1, 0.15) is 23.7 Å². The van der Waals surface area contributed by atoms with Crippen LogP contribution in [0, 0.1) is 13.8 Å². The maximum Gasteiger partial charge on any atom is 0.245 e. The standard InChI is InChI=1S/C11H16N4O3S/c1-8-11(9(2)18-15-8)19(16,17)14-5-3-4-10-12-6-7-13-10/h6-7,14H,3-5H2,1-2H3,(H,12,13). The molecule has 0 fully saturated rings. The first-order chi connectivity index (χ1) is 9.00. The molecule has 2 rings (SSSR count). The van der Waals surface area contributed by atoms with E-state index in [2.05, 4.69) is 19.8 Å². The molecule has 0 atom stereocenters. The van der Waals surface area contributed by atoms with E-state index in [-0.39, 0.29) is 4.90 Å². The highest BCUT2D eigenvalue weighted by atomic mass is 32.2. The molecule has 2 aromatic rings. The number of nitrogens with one attached hydrogen (secondary N) is 2. The van der Waals surface area contributed by atoms with Crippen LogP contribution in [0.5, 0.6) is 0 Å². The Balaban J connectivity index is 1.92. The first-order valence-corrected chi connectivity index (χ1v) is 7.40. The molecule has 2 N–H and O–H groups in total. The van der Waals surface area contributed by atoms with Gasteiger partial charge in [-0.25, -0.2) is 18.1 Å². The third-order valence-electron chi connectivity index (χ3n) is 2.67. The van der Waals surface area contributed by atoms with Crippen molar-refractivity contribution in [3.63, 3.8) is 0 Å². The lowest BCUT2D eigenvalue weighted by Crippen LogP contribution is -2.26. The molecule has 0 aromatic carbocycles. The monoisotopic (exact) mass is 284 g/mol. The summed E-state index contributed by atoms with van der Waals surface area (Å²) in [5.41, 5.74) is 0.371. The van der Waals surface area contributed by atoms with Crippen LogP contribution < -0.4 is 4.72 Å². The zero-order valence-electron chi connectivity index (χ0n) is 10.8. The predicted octanol–water partition coefficient (Wildman–Crippen LogP) is 0.926. The molecule has 0 saturated heterocycles. The van der Waals surface area contributed by atoms with E-state index in [0.29, 0.717) is 30.8 Å². The molecule has 0 spiro atoms. The Bertz CT molecular complexity index is 611. The van der Waals surface area contributed by atoms with Gasteiger partial charge in [-0.1, -0.05) is 5.16 Å². The number of sulfonamides is 1. The van der Waals surface area contributed by atoms with Gasteiger partial charge in [0, 0.05) is 25.4 Å². The summed E-state index contributed by atoms with van der Waals surface area (Å²) < 4.78 is 31.5. The fraction of sp³-hybridized carbons (Fsp3) is 0.455. The Kier molecular flexibility index (Phi) is 4.01. The summed E-state index contributed by atoms with van der Waals surface area (Å²) in [6, 6.07) is 0. The van der Waals surface area contributed by atoms with Gasteiger partial charge >= 0.3 is 0 Å². The molecule has 0 radical (unpaired) electrons. The topological polar surface area (TPSA) is 101 Å². The Morgan fingerprint density at radius 3 is 2.79 bits per heavy atom. The van der Waals surface area contributed by atoms with Crippen LogP contribution in [-0.2, 0) is 16.4 Å². The molecular weight excluding hydrogens is 268 g/mol. The minimum atomic E-state index is -3.56. The molecule has 0 aliphatic rings. The molecule has 2 aromatic heterocycles. The molecule has 0 aliphatic carbocycles. The fourth-order valence-electron chi connectivity index (χ4n) is 1.83. The van der Waals surface area contributed by atoms with Crippen molar-refractivity contribution in [2.45, 2.75) is 31.6 Å². The summed E-state index contributed by atoms with van der Waals surface area (Å²) in [6.45, 7) is 3.53. The molecule has 19 heavy (non-hydrogen) atoms. The second-order valence-corrected chi connectivity index (χ2v) is 5.89. The van der Waals surface area contributed by atoms with Crippen LogP contribution >= 0.6 is 0 Å². The molecule has 8 heteroatoms. The SMILES string of the molecule is Cc1noc(C)c1S(=O)(=O)NCCCc1ncc[nH]1. The van der Waals surface area contributed by atoms with Gasteiger partial charge in [0.25, 0.3) is 0 Å². The normalized spacial score (nSPS) is 11.9. The number of imidazole rings is 1. The van der Waals surface area contributed by atoms with Crippen molar-refractivity contribution >= 4 is 10.0 Å². The third-order valence-corrected chi connectivity index (χ3v) is 4.38. The smallest absolute Gasteiger partial charge is 0.245 e. The highest BCUT2D eigenvalue weighted by molar-refractivity contribution is 7.89. The second-order valence-electron chi connectivity index (χ2n) is 4.19. The summed E-state index contributed by atoms with van der Waals surface area (Å²) in [7, 11) is -3.56. The lowest BCUT2D eigenvalue weighted by Gasteiger charge is -2.05. The van der Waals surface area contributed by atoms with E-state index in [1.165, 1.54) is 0 Å². The highest BCUT2D eigenvalue weighted by Crippen LogP contribution is 2.18. The van der Waals surface area contributed by atoms with Gasteiger partial charge in [0.2, 0.25) is 10.0 Å². The maximum atomic E-state index is 12.1. The van der Waals surface area contributed by atoms with Crippen LogP contribution in [0.2, 0.25) is 0 Å². The first-order valence-electron chi connectivity index (χ1n) is 5.91. The number of hydrogen-bond donors (Lipinski definition) is 2. The summed E-state index contributed by atoms with van der Waals surface area (Å²) in [4.78, 5) is 7.17. The van der Waals surface area contributed by atoms with E-state index < -0.39 is 10.0 Å². The Labute approximate surface area is 111 Å². The summed E-state index contributed by atoms with van der Waals surface area (Å²) >= 11 is 0. The number of rotatable bonds is 6. The molecule has 0 amide bonds. The third kappa shape index (κ3) is 3.21. The summed E-state index contributed by atoms with van der Waals surface area (Å²) in [5, 5.41) is 3.64. The van der Waals surface area contributed by atoms with E-state index in [9.17, 15) is 8.42 Å². The predicted molar refractivity (Wildman–Crippen MR) is 68.1 cm³/mol. The van der Waals surface area contributed by atoms with Gasteiger partial charge in [-0.3, -0.25) is 0 Å². The van der Waals surface area contributed by atoms with E-state index in [1.54, 1.807) is 26.2 Å². The average molecular weight is 284 g/mol. The first kappa shape index (κ1) is 13.8. The molecule has 2 heterocycles. The van der Waals surface area contributed by atoms with E-state index >= 15 is 0 Å². The summed E-state index contributed by atoms with van der Waals surface area (Å²) in [5.74, 6) is 1.15. The Hall–Kier alpha value is -1.67. The van der Waals surface area contributed by atoms with Crippen LogP contribution in [0.4, 0.5) is 0 Å². The van der Waals surface area contributed by atoms with E-state index in [4.69, 9.17) is 4.52 Å². The van der Waals surface area contributed by atoms with E-state index in [1.807, 2.05) is 0 Å². The number of hydrogen-bond acceptors (Lipinski definition) is 5. The minimum Gasteiger partial charge on any atom is -0.360 e. The number of aryl methyl sites for hydroxylation is 3. The van der Waals surface area contributed by atoms with Crippen molar-refractivity contribution in [1.29, 1.82) is 0 Å². The van der Waals surface area contributed by atoms with Crippen LogP contribution in [0.25, 0.3) is 0 Å². The lowest BCUT2D eigenvalue weighted by atomic mass is 10.3. The highest BCUT2D eigenvalue weighted by Gasteiger charge is 2.23. The molecular formula is C11H16N4O3S. The molecule has 0 unspecified atom stereocenters. The van der Waals surface area contributed by atoms with Crippen molar-refractivity contribution in [3.05, 3.63) is 29.7 Å².